The van der Waals surface area contributed by atoms with Crippen LogP contribution >= 0.6 is 0 Å². The van der Waals surface area contributed by atoms with E-state index in [4.69, 9.17) is 4.74 Å². The summed E-state index contributed by atoms with van der Waals surface area (Å²) in [6.45, 7) is 3.66. The number of likely N-dealkylation sites (tertiary alicyclic amines) is 1. The molecular weight excluding hydrogens is 238 g/mol. The molecule has 3 fully saturated rings. The molecular formula is C16H29NO2. The lowest BCUT2D eigenvalue weighted by Crippen LogP contribution is -2.52. The van der Waals surface area contributed by atoms with E-state index in [-0.39, 0.29) is 5.60 Å². The molecule has 0 radical (unpaired) electrons. The van der Waals surface area contributed by atoms with Gasteiger partial charge in [-0.1, -0.05) is 19.3 Å². The Bertz CT molecular complexity index is 283. The van der Waals surface area contributed by atoms with E-state index < -0.39 is 0 Å². The molecule has 0 bridgehead atoms. The zero-order valence-electron chi connectivity index (χ0n) is 12.1. The van der Waals surface area contributed by atoms with Gasteiger partial charge in [0, 0.05) is 25.8 Å². The fourth-order valence-corrected chi connectivity index (χ4v) is 4.44. The Balaban J connectivity index is 1.61. The van der Waals surface area contributed by atoms with E-state index in [0.717, 1.165) is 13.2 Å². The van der Waals surface area contributed by atoms with Gasteiger partial charge in [-0.2, -0.15) is 0 Å². The van der Waals surface area contributed by atoms with E-state index in [0.29, 0.717) is 18.6 Å². The Hall–Kier alpha value is -0.120. The van der Waals surface area contributed by atoms with E-state index in [1.54, 1.807) is 0 Å². The molecule has 2 atom stereocenters. The molecule has 0 amide bonds. The molecule has 2 aliphatic heterocycles. The number of piperidine rings is 1. The maximum Gasteiger partial charge on any atom is 0.0697 e. The SMILES string of the molecule is OCC1CCCN(C2CCOC3(CCCCC3)C2)C1. The number of nitrogens with zero attached hydrogens (tertiary/aromatic N) is 1. The van der Waals surface area contributed by atoms with Gasteiger partial charge in [0.05, 0.1) is 5.60 Å². The summed E-state index contributed by atoms with van der Waals surface area (Å²) in [5.74, 6) is 0.513. The maximum absolute atomic E-state index is 9.40. The van der Waals surface area contributed by atoms with Crippen LogP contribution in [-0.2, 0) is 4.74 Å². The fourth-order valence-electron chi connectivity index (χ4n) is 4.44. The highest BCUT2D eigenvalue weighted by Crippen LogP contribution is 2.40. The predicted octanol–water partition coefficient (Wildman–Crippen LogP) is 2.57. The summed E-state index contributed by atoms with van der Waals surface area (Å²) in [6.07, 6.45) is 11.6. The zero-order valence-corrected chi connectivity index (χ0v) is 12.1. The Morgan fingerprint density at radius 1 is 1.11 bits per heavy atom. The Morgan fingerprint density at radius 2 is 1.95 bits per heavy atom. The fraction of sp³-hybridized carbons (Fsp3) is 1.00. The summed E-state index contributed by atoms with van der Waals surface area (Å²) in [6, 6.07) is 0.709. The van der Waals surface area contributed by atoms with Crippen molar-refractivity contribution in [3.63, 3.8) is 0 Å². The van der Waals surface area contributed by atoms with Gasteiger partial charge in [0.15, 0.2) is 0 Å². The smallest absolute Gasteiger partial charge is 0.0697 e. The molecule has 1 spiro atoms. The molecule has 0 aromatic heterocycles. The van der Waals surface area contributed by atoms with Crippen LogP contribution in [0.4, 0.5) is 0 Å². The standard InChI is InChI=1S/C16H29NO2/c18-13-14-5-4-9-17(12-14)15-6-10-19-16(11-15)7-2-1-3-8-16/h14-15,18H,1-13H2. The van der Waals surface area contributed by atoms with Crippen LogP contribution in [0.2, 0.25) is 0 Å². The molecule has 3 nitrogen and oxygen atoms in total. The molecule has 110 valence electrons. The van der Waals surface area contributed by atoms with Crippen LogP contribution < -0.4 is 0 Å². The highest BCUT2D eigenvalue weighted by atomic mass is 16.5. The number of hydrogen-bond donors (Lipinski definition) is 1. The van der Waals surface area contributed by atoms with Crippen LogP contribution in [0.5, 0.6) is 0 Å². The van der Waals surface area contributed by atoms with Crippen LogP contribution in [-0.4, -0.2) is 48.0 Å². The highest BCUT2D eigenvalue weighted by Gasteiger charge is 2.40. The third kappa shape index (κ3) is 3.14. The van der Waals surface area contributed by atoms with Gasteiger partial charge in [-0.3, -0.25) is 4.90 Å². The van der Waals surface area contributed by atoms with Crippen molar-refractivity contribution in [1.82, 2.24) is 4.90 Å². The molecule has 1 N–H and O–H groups in total. The minimum Gasteiger partial charge on any atom is -0.396 e. The van der Waals surface area contributed by atoms with Gasteiger partial charge < -0.3 is 9.84 Å². The first kappa shape index (κ1) is 13.8. The lowest BCUT2D eigenvalue weighted by Gasteiger charge is -2.48. The number of aliphatic hydroxyl groups is 1. The summed E-state index contributed by atoms with van der Waals surface area (Å²) in [4.78, 5) is 2.66. The van der Waals surface area contributed by atoms with Crippen molar-refractivity contribution >= 4 is 0 Å². The van der Waals surface area contributed by atoms with Crippen molar-refractivity contribution in [1.29, 1.82) is 0 Å². The van der Waals surface area contributed by atoms with Gasteiger partial charge in [-0.05, 0) is 51.0 Å². The van der Waals surface area contributed by atoms with Gasteiger partial charge in [-0.25, -0.2) is 0 Å². The molecule has 3 rings (SSSR count). The number of hydrogen-bond acceptors (Lipinski definition) is 3. The molecule has 2 heterocycles. The maximum atomic E-state index is 9.40. The minimum atomic E-state index is 0.216. The third-order valence-electron chi connectivity index (χ3n) is 5.56. The Labute approximate surface area is 117 Å². The number of ether oxygens (including phenoxy) is 1. The van der Waals surface area contributed by atoms with Crippen molar-refractivity contribution < 1.29 is 9.84 Å². The second kappa shape index (κ2) is 6.11. The van der Waals surface area contributed by atoms with Crippen LogP contribution in [0.25, 0.3) is 0 Å². The first-order valence-corrected chi connectivity index (χ1v) is 8.30. The summed E-state index contributed by atoms with van der Waals surface area (Å²) < 4.78 is 6.20. The first-order valence-electron chi connectivity index (χ1n) is 8.30. The second-order valence-electron chi connectivity index (χ2n) is 6.92. The van der Waals surface area contributed by atoms with Crippen molar-refractivity contribution in [3.8, 4) is 0 Å². The van der Waals surface area contributed by atoms with E-state index in [9.17, 15) is 5.11 Å². The minimum absolute atomic E-state index is 0.216. The molecule has 2 saturated heterocycles. The average molecular weight is 267 g/mol. The van der Waals surface area contributed by atoms with Crippen LogP contribution in [0.1, 0.15) is 57.8 Å². The Kier molecular flexibility index (Phi) is 4.45. The summed E-state index contributed by atoms with van der Waals surface area (Å²) in [5.41, 5.74) is 0.216. The largest absolute Gasteiger partial charge is 0.396 e. The monoisotopic (exact) mass is 267 g/mol. The van der Waals surface area contributed by atoms with Gasteiger partial charge in [-0.15, -0.1) is 0 Å². The van der Waals surface area contributed by atoms with Crippen LogP contribution in [0, 0.1) is 5.92 Å². The van der Waals surface area contributed by atoms with Crippen LogP contribution in [0.3, 0.4) is 0 Å². The Morgan fingerprint density at radius 3 is 2.74 bits per heavy atom. The average Bonchev–Trinajstić information content (AvgIpc) is 2.48. The van der Waals surface area contributed by atoms with E-state index in [2.05, 4.69) is 4.90 Å². The molecule has 0 aromatic carbocycles. The third-order valence-corrected chi connectivity index (χ3v) is 5.56. The van der Waals surface area contributed by atoms with Gasteiger partial charge >= 0.3 is 0 Å². The molecule has 0 aromatic rings. The van der Waals surface area contributed by atoms with Gasteiger partial charge in [0.2, 0.25) is 0 Å². The summed E-state index contributed by atoms with van der Waals surface area (Å²) >= 11 is 0. The lowest BCUT2D eigenvalue weighted by molar-refractivity contribution is -0.127. The lowest BCUT2D eigenvalue weighted by atomic mass is 9.77. The molecule has 3 aliphatic rings. The second-order valence-corrected chi connectivity index (χ2v) is 6.92. The number of rotatable bonds is 2. The highest BCUT2D eigenvalue weighted by molar-refractivity contribution is 4.93. The molecule has 1 aliphatic carbocycles. The van der Waals surface area contributed by atoms with Gasteiger partial charge in [0.25, 0.3) is 0 Å². The van der Waals surface area contributed by atoms with E-state index in [1.807, 2.05) is 0 Å². The van der Waals surface area contributed by atoms with Gasteiger partial charge in [0.1, 0.15) is 0 Å². The van der Waals surface area contributed by atoms with Crippen molar-refractivity contribution in [2.45, 2.75) is 69.4 Å². The van der Waals surface area contributed by atoms with E-state index >= 15 is 0 Å². The van der Waals surface area contributed by atoms with Crippen molar-refractivity contribution in [3.05, 3.63) is 0 Å². The quantitative estimate of drug-likeness (QED) is 0.834. The predicted molar refractivity (Wildman–Crippen MR) is 76.2 cm³/mol. The zero-order chi connectivity index (χ0) is 13.1. The molecule has 2 unspecified atom stereocenters. The van der Waals surface area contributed by atoms with Crippen LogP contribution in [0.15, 0.2) is 0 Å². The normalized spacial score (nSPS) is 36.5. The summed E-state index contributed by atoms with van der Waals surface area (Å²) in [5, 5.41) is 9.40. The topological polar surface area (TPSA) is 32.7 Å². The summed E-state index contributed by atoms with van der Waals surface area (Å²) in [7, 11) is 0. The first-order chi connectivity index (χ1) is 9.31. The van der Waals surface area contributed by atoms with Crippen molar-refractivity contribution in [2.75, 3.05) is 26.3 Å². The van der Waals surface area contributed by atoms with Crippen molar-refractivity contribution in [2.24, 2.45) is 5.92 Å². The molecule has 19 heavy (non-hydrogen) atoms. The number of aliphatic hydroxyl groups excluding tert-OH is 1. The van der Waals surface area contributed by atoms with E-state index in [1.165, 1.54) is 64.3 Å². The molecule has 1 saturated carbocycles. The molecule has 3 heteroatoms.